The van der Waals surface area contributed by atoms with Gasteiger partial charge in [0.1, 0.15) is 0 Å². The number of amides is 4. The van der Waals surface area contributed by atoms with E-state index in [2.05, 4.69) is 26.3 Å². The van der Waals surface area contributed by atoms with Crippen LogP contribution in [-0.4, -0.2) is 45.8 Å². The minimum Gasteiger partial charge on any atom is -0.504 e. The number of carbonyl (C=O) groups is 4. The molecule has 6 atom stereocenters. The molecule has 1 aromatic heterocycles. The number of aromatic nitrogens is 1. The van der Waals surface area contributed by atoms with Gasteiger partial charge in [-0.1, -0.05) is 74.5 Å². The zero-order valence-corrected chi connectivity index (χ0v) is 32.6. The Morgan fingerprint density at radius 1 is 0.929 bits per heavy atom. The summed E-state index contributed by atoms with van der Waals surface area (Å²) in [5.74, 6) is -8.30. The molecule has 288 valence electrons. The number of benzene rings is 3. The number of alkyl halides is 3. The van der Waals surface area contributed by atoms with Gasteiger partial charge in [-0.05, 0) is 78.9 Å². The highest BCUT2D eigenvalue weighted by Crippen LogP contribution is 2.65. The van der Waals surface area contributed by atoms with E-state index in [0.29, 0.717) is 48.6 Å². The number of aromatic hydroxyl groups is 1. The maximum Gasteiger partial charge on any atom is 0.417 e. The molecule has 1 saturated carbocycles. The third-order valence-electron chi connectivity index (χ3n) is 11.2. The Balaban J connectivity index is 1.34. The van der Waals surface area contributed by atoms with Crippen LogP contribution in [0.25, 0.3) is 0 Å². The van der Waals surface area contributed by atoms with E-state index in [1.165, 1.54) is 13.2 Å². The summed E-state index contributed by atoms with van der Waals surface area (Å²) in [6.45, 7) is 0. The quantitative estimate of drug-likeness (QED) is 0.145. The lowest BCUT2D eigenvalue weighted by molar-refractivity contribution is -0.139. The van der Waals surface area contributed by atoms with Crippen LogP contribution in [-0.2, 0) is 30.8 Å². The summed E-state index contributed by atoms with van der Waals surface area (Å²) in [5.41, 5.74) is 0.916. The van der Waals surface area contributed by atoms with Crippen molar-refractivity contribution in [1.29, 1.82) is 0 Å². The second-order valence-corrected chi connectivity index (χ2v) is 16.1. The number of phenolic OH excluding ortho intramolecular Hbond substituents is 1. The normalized spacial score (nSPS) is 25.9. The molecule has 0 radical (unpaired) electrons. The first-order chi connectivity index (χ1) is 26.6. The number of pyridine rings is 1. The summed E-state index contributed by atoms with van der Waals surface area (Å²) in [6.07, 6.45) is -2.46. The topological polar surface area (TPSA) is 129 Å². The van der Waals surface area contributed by atoms with Gasteiger partial charge in [-0.15, -0.1) is 0 Å². The Morgan fingerprint density at radius 2 is 1.59 bits per heavy atom. The Morgan fingerprint density at radius 3 is 2.21 bits per heavy atom. The molecule has 3 heterocycles. The molecule has 10 nitrogen and oxygen atoms in total. The monoisotopic (exact) mass is 888 g/mol. The van der Waals surface area contributed by atoms with Crippen LogP contribution in [0.2, 0.25) is 15.1 Å². The summed E-state index contributed by atoms with van der Waals surface area (Å²) in [6, 6.07) is 16.3. The third-order valence-corrected chi connectivity index (χ3v) is 12.5. The van der Waals surface area contributed by atoms with Crippen molar-refractivity contribution in [3.05, 3.63) is 121 Å². The molecule has 4 aliphatic rings. The van der Waals surface area contributed by atoms with E-state index in [4.69, 9.17) is 39.5 Å². The Labute approximate surface area is 340 Å². The number of nitrogens with one attached hydrogen (secondary N) is 1. The van der Waals surface area contributed by atoms with Crippen LogP contribution >= 0.6 is 50.7 Å². The molecule has 2 N–H and O–H groups in total. The van der Waals surface area contributed by atoms with E-state index < -0.39 is 81.2 Å². The number of allylic oxidation sites excluding steroid dienone is 2. The SMILES string of the molecule is COc1cc(Br)cc(C2C3=CCC4C(=O)N(c5ccc(Cl)cc5)C(=O)C4C3CC3C(=O)N(Nc4ncc(C(F)(F)F)cc4Cl)C(=O)C32c2ccc(Cl)cc2)c1O. The van der Waals surface area contributed by atoms with Gasteiger partial charge in [-0.25, -0.2) is 4.98 Å². The fourth-order valence-corrected chi connectivity index (χ4v) is 9.86. The molecule has 3 aromatic carbocycles. The number of rotatable bonds is 6. The predicted octanol–water partition coefficient (Wildman–Crippen LogP) is 8.73. The summed E-state index contributed by atoms with van der Waals surface area (Å²) < 4.78 is 46.5. The van der Waals surface area contributed by atoms with Crippen molar-refractivity contribution in [2.75, 3.05) is 17.4 Å². The molecule has 8 rings (SSSR count). The standard InChI is InChI=1S/C39H27BrCl3F3N4O6/c1-56-29-14-19(40)13-26(32(29)51)31-23-10-11-24-30(36(54)49(34(24)52)22-8-6-21(42)7-9-22)25(23)15-27-35(53)50(37(55)38(27,31)17-2-4-20(41)5-3-17)48-33-28(43)12-18(16-47-33)39(44,45)46/h2-10,12-14,16,24-25,27,30-31,51H,11,15H2,1H3,(H,47,48). The highest BCUT2D eigenvalue weighted by Gasteiger charge is 2.71. The lowest BCUT2D eigenvalue weighted by Crippen LogP contribution is -2.53. The van der Waals surface area contributed by atoms with E-state index in [1.807, 2.05) is 0 Å². The van der Waals surface area contributed by atoms with Gasteiger partial charge in [-0.3, -0.25) is 29.5 Å². The average molecular weight is 891 g/mol. The van der Waals surface area contributed by atoms with Crippen molar-refractivity contribution in [3.8, 4) is 11.5 Å². The lowest BCUT2D eigenvalue weighted by atomic mass is 9.49. The zero-order valence-electron chi connectivity index (χ0n) is 28.8. The van der Waals surface area contributed by atoms with Crippen LogP contribution in [0, 0.1) is 23.7 Å². The van der Waals surface area contributed by atoms with Crippen molar-refractivity contribution in [2.24, 2.45) is 23.7 Å². The van der Waals surface area contributed by atoms with E-state index in [-0.39, 0.29) is 29.9 Å². The third kappa shape index (κ3) is 5.78. The first-order valence-corrected chi connectivity index (χ1v) is 19.0. The van der Waals surface area contributed by atoms with Crippen molar-refractivity contribution in [3.63, 3.8) is 0 Å². The summed E-state index contributed by atoms with van der Waals surface area (Å²) in [7, 11) is 1.35. The van der Waals surface area contributed by atoms with Crippen LogP contribution < -0.4 is 15.1 Å². The Hall–Kier alpha value is -4.63. The molecule has 2 aliphatic carbocycles. The van der Waals surface area contributed by atoms with Crippen molar-refractivity contribution in [2.45, 2.75) is 30.4 Å². The van der Waals surface area contributed by atoms with Gasteiger partial charge in [0.2, 0.25) is 11.8 Å². The maximum atomic E-state index is 15.4. The van der Waals surface area contributed by atoms with Gasteiger partial charge in [0.05, 0.1) is 46.6 Å². The maximum absolute atomic E-state index is 15.4. The van der Waals surface area contributed by atoms with Gasteiger partial charge in [-0.2, -0.15) is 18.2 Å². The Bertz CT molecular complexity index is 2380. The first-order valence-electron chi connectivity index (χ1n) is 17.1. The number of ether oxygens (including phenoxy) is 1. The van der Waals surface area contributed by atoms with Crippen molar-refractivity contribution in [1.82, 2.24) is 9.99 Å². The van der Waals surface area contributed by atoms with E-state index in [9.17, 15) is 32.7 Å². The molecule has 56 heavy (non-hydrogen) atoms. The molecule has 0 spiro atoms. The van der Waals surface area contributed by atoms with Crippen LogP contribution in [0.4, 0.5) is 24.7 Å². The number of hydrazine groups is 1. The smallest absolute Gasteiger partial charge is 0.417 e. The summed E-state index contributed by atoms with van der Waals surface area (Å²) >= 11 is 22.2. The summed E-state index contributed by atoms with van der Waals surface area (Å²) in [5, 5.41) is 12.8. The Kier molecular flexibility index (Phi) is 9.42. The second kappa shape index (κ2) is 13.8. The minimum absolute atomic E-state index is 0.0436. The zero-order chi connectivity index (χ0) is 40.0. The number of hydrogen-bond donors (Lipinski definition) is 2. The van der Waals surface area contributed by atoms with Gasteiger partial charge in [0.25, 0.3) is 11.8 Å². The van der Waals surface area contributed by atoms with Crippen LogP contribution in [0.5, 0.6) is 11.5 Å². The average Bonchev–Trinajstić information content (AvgIpc) is 3.54. The molecule has 0 bridgehead atoms. The van der Waals surface area contributed by atoms with Gasteiger partial charge < -0.3 is 9.84 Å². The fourth-order valence-electron chi connectivity index (χ4n) is 8.94. The van der Waals surface area contributed by atoms with Crippen molar-refractivity contribution >= 4 is 85.9 Å². The molecular weight excluding hydrogens is 864 g/mol. The molecule has 2 saturated heterocycles. The van der Waals surface area contributed by atoms with E-state index in [0.717, 1.165) is 4.90 Å². The number of halogens is 7. The molecule has 2 aliphatic heterocycles. The van der Waals surface area contributed by atoms with Gasteiger partial charge >= 0.3 is 6.18 Å². The summed E-state index contributed by atoms with van der Waals surface area (Å²) in [4.78, 5) is 63.7. The number of nitrogens with zero attached hydrogens (tertiary/aromatic N) is 3. The molecule has 6 unspecified atom stereocenters. The number of methoxy groups -OCH3 is 1. The minimum atomic E-state index is -4.77. The number of hydrogen-bond acceptors (Lipinski definition) is 8. The highest BCUT2D eigenvalue weighted by atomic mass is 79.9. The molecule has 17 heteroatoms. The number of imide groups is 2. The number of phenols is 1. The fraction of sp³-hybridized carbons (Fsp3) is 0.256. The molecular formula is C39H27BrCl3F3N4O6. The second-order valence-electron chi connectivity index (χ2n) is 14.0. The van der Waals surface area contributed by atoms with Gasteiger partial charge in [0, 0.05) is 32.2 Å². The molecule has 3 fully saturated rings. The lowest BCUT2D eigenvalue weighted by Gasteiger charge is -2.50. The molecule has 4 amide bonds. The van der Waals surface area contributed by atoms with E-state index in [1.54, 1.807) is 60.7 Å². The largest absolute Gasteiger partial charge is 0.504 e. The van der Waals surface area contributed by atoms with Gasteiger partial charge in [0.15, 0.2) is 17.3 Å². The number of anilines is 2. The number of fused-ring (bicyclic) bond motifs is 4. The van der Waals surface area contributed by atoms with Crippen molar-refractivity contribution < 1.29 is 42.2 Å². The van der Waals surface area contributed by atoms with Crippen LogP contribution in [0.15, 0.2) is 89.0 Å². The molecule has 4 aromatic rings. The van der Waals surface area contributed by atoms with E-state index >= 15 is 4.79 Å². The van der Waals surface area contributed by atoms with Crippen LogP contribution in [0.3, 0.4) is 0 Å². The predicted molar refractivity (Wildman–Crippen MR) is 203 cm³/mol. The first kappa shape index (κ1) is 38.3. The van der Waals surface area contributed by atoms with Crippen LogP contribution in [0.1, 0.15) is 35.4 Å². The highest BCUT2D eigenvalue weighted by molar-refractivity contribution is 9.10. The number of carbonyl (C=O) groups excluding carboxylic acids is 4.